The number of rotatable bonds is 0. The van der Waals surface area contributed by atoms with Gasteiger partial charge in [0.15, 0.2) is 0 Å². The topological polar surface area (TPSA) is 9.23 Å². The fourth-order valence-electron chi connectivity index (χ4n) is 3.27. The first kappa shape index (κ1) is 10.3. The lowest BCUT2D eigenvalue weighted by Gasteiger charge is -2.36. The maximum atomic E-state index is 6.21. The second-order valence-corrected chi connectivity index (χ2v) is 5.29. The van der Waals surface area contributed by atoms with Gasteiger partial charge in [-0.15, -0.1) is 0 Å². The van der Waals surface area contributed by atoms with Gasteiger partial charge in [0.05, 0.1) is 12.2 Å². The van der Waals surface area contributed by atoms with Crippen LogP contribution in [0.4, 0.5) is 0 Å². The summed E-state index contributed by atoms with van der Waals surface area (Å²) in [5.41, 5.74) is 3.22. The van der Waals surface area contributed by atoms with E-state index in [-0.39, 0.29) is 5.60 Å². The van der Waals surface area contributed by atoms with Crippen molar-refractivity contribution in [2.24, 2.45) is 0 Å². The highest BCUT2D eigenvalue weighted by Gasteiger charge is 2.35. The molecule has 0 saturated heterocycles. The summed E-state index contributed by atoms with van der Waals surface area (Å²) in [5.74, 6) is 0. The Bertz CT molecular complexity index is 363. The summed E-state index contributed by atoms with van der Waals surface area (Å²) in [6, 6.07) is 8.87. The molecule has 1 aliphatic carbocycles. The minimum Gasteiger partial charge on any atom is -0.374 e. The Hall–Kier alpha value is -0.820. The molecule has 1 aromatic rings. The van der Waals surface area contributed by atoms with E-state index in [0.29, 0.717) is 0 Å². The molecule has 1 nitrogen and oxygen atoms in total. The molecular weight excluding hydrogens is 196 g/mol. The summed E-state index contributed by atoms with van der Waals surface area (Å²) < 4.78 is 6.21. The van der Waals surface area contributed by atoms with Gasteiger partial charge >= 0.3 is 0 Å². The van der Waals surface area contributed by atoms with Gasteiger partial charge in [-0.1, -0.05) is 43.5 Å². The molecule has 0 aromatic heterocycles. The summed E-state index contributed by atoms with van der Waals surface area (Å²) in [6.45, 7) is 0.914. The monoisotopic (exact) mass is 216 g/mol. The quantitative estimate of drug-likeness (QED) is 0.645. The highest BCUT2D eigenvalue weighted by atomic mass is 16.5. The van der Waals surface area contributed by atoms with Gasteiger partial charge in [-0.25, -0.2) is 0 Å². The lowest BCUT2D eigenvalue weighted by molar-refractivity contribution is -0.0644. The molecule has 86 valence electrons. The Morgan fingerprint density at radius 2 is 1.69 bits per heavy atom. The summed E-state index contributed by atoms with van der Waals surface area (Å²) in [5, 5.41) is 0. The maximum Gasteiger partial charge on any atom is 0.0723 e. The highest BCUT2D eigenvalue weighted by molar-refractivity contribution is 5.30. The fraction of sp³-hybridized carbons (Fsp3) is 0.600. The average Bonchev–Trinajstić information content (AvgIpc) is 2.49. The highest BCUT2D eigenvalue weighted by Crippen LogP contribution is 2.37. The van der Waals surface area contributed by atoms with Crippen molar-refractivity contribution in [2.45, 2.75) is 50.5 Å². The van der Waals surface area contributed by atoms with Gasteiger partial charge in [-0.2, -0.15) is 0 Å². The Morgan fingerprint density at radius 3 is 2.50 bits per heavy atom. The van der Waals surface area contributed by atoms with Crippen molar-refractivity contribution >= 4 is 0 Å². The van der Waals surface area contributed by atoms with Crippen LogP contribution in [0.2, 0.25) is 0 Å². The number of fused-ring (bicyclic) bond motifs is 1. The van der Waals surface area contributed by atoms with Crippen molar-refractivity contribution in [3.63, 3.8) is 0 Å². The number of hydrogen-bond acceptors (Lipinski definition) is 1. The zero-order valence-electron chi connectivity index (χ0n) is 9.87. The Labute approximate surface area is 97.8 Å². The SMILES string of the molecule is c1ccc2c(c1)CCOC1(CCCCC1)C2. The van der Waals surface area contributed by atoms with E-state index in [1.165, 1.54) is 43.2 Å². The molecule has 1 fully saturated rings. The van der Waals surface area contributed by atoms with E-state index < -0.39 is 0 Å². The van der Waals surface area contributed by atoms with Crippen LogP contribution < -0.4 is 0 Å². The lowest BCUT2D eigenvalue weighted by atomic mass is 9.80. The molecule has 1 aromatic carbocycles. The number of ether oxygens (including phenoxy) is 1. The van der Waals surface area contributed by atoms with E-state index in [1.807, 2.05) is 0 Å². The van der Waals surface area contributed by atoms with Crippen molar-refractivity contribution in [1.29, 1.82) is 0 Å². The first-order valence-corrected chi connectivity index (χ1v) is 6.59. The molecule has 0 amide bonds. The van der Waals surface area contributed by atoms with Crippen LogP contribution in [0.25, 0.3) is 0 Å². The molecule has 0 atom stereocenters. The maximum absolute atomic E-state index is 6.21. The lowest BCUT2D eigenvalue weighted by Crippen LogP contribution is -2.36. The fourth-order valence-corrected chi connectivity index (χ4v) is 3.27. The molecule has 16 heavy (non-hydrogen) atoms. The van der Waals surface area contributed by atoms with Crippen LogP contribution in [0, 0.1) is 0 Å². The molecule has 3 rings (SSSR count). The molecule has 1 aliphatic heterocycles. The van der Waals surface area contributed by atoms with Crippen LogP contribution >= 0.6 is 0 Å². The second kappa shape index (κ2) is 4.21. The minimum atomic E-state index is 0.185. The van der Waals surface area contributed by atoms with Crippen molar-refractivity contribution < 1.29 is 4.74 Å². The smallest absolute Gasteiger partial charge is 0.0723 e. The molecule has 0 radical (unpaired) electrons. The van der Waals surface area contributed by atoms with E-state index in [1.54, 1.807) is 0 Å². The first-order valence-electron chi connectivity index (χ1n) is 6.59. The van der Waals surface area contributed by atoms with E-state index >= 15 is 0 Å². The van der Waals surface area contributed by atoms with Crippen LogP contribution in [0.3, 0.4) is 0 Å². The van der Waals surface area contributed by atoms with Gasteiger partial charge in [0.2, 0.25) is 0 Å². The Balaban J connectivity index is 1.89. The minimum absolute atomic E-state index is 0.185. The van der Waals surface area contributed by atoms with E-state index in [9.17, 15) is 0 Å². The standard InChI is InChI=1S/C15H20O/c1-4-9-15(10-5-1)12-14-7-3-2-6-13(14)8-11-16-15/h2-3,6-7H,1,4-5,8-12H2. The summed E-state index contributed by atoms with van der Waals surface area (Å²) in [6.07, 6.45) is 8.86. The summed E-state index contributed by atoms with van der Waals surface area (Å²) >= 11 is 0. The van der Waals surface area contributed by atoms with Crippen LogP contribution in [0.1, 0.15) is 43.2 Å². The van der Waals surface area contributed by atoms with Gasteiger partial charge in [0, 0.05) is 6.42 Å². The first-order chi connectivity index (χ1) is 7.88. The normalized spacial score (nSPS) is 23.8. The van der Waals surface area contributed by atoms with Gasteiger partial charge in [0.1, 0.15) is 0 Å². The molecule has 1 spiro atoms. The van der Waals surface area contributed by atoms with E-state index in [2.05, 4.69) is 24.3 Å². The molecule has 1 saturated carbocycles. The van der Waals surface area contributed by atoms with Crippen LogP contribution in [0.5, 0.6) is 0 Å². The average molecular weight is 216 g/mol. The van der Waals surface area contributed by atoms with Gasteiger partial charge < -0.3 is 4.74 Å². The van der Waals surface area contributed by atoms with Gasteiger partial charge in [-0.05, 0) is 30.4 Å². The Morgan fingerprint density at radius 1 is 0.938 bits per heavy atom. The molecule has 0 N–H and O–H groups in total. The van der Waals surface area contributed by atoms with E-state index in [4.69, 9.17) is 4.74 Å². The number of hydrogen-bond donors (Lipinski definition) is 0. The summed E-state index contributed by atoms with van der Waals surface area (Å²) in [4.78, 5) is 0. The zero-order valence-corrected chi connectivity index (χ0v) is 9.87. The molecule has 2 aliphatic rings. The van der Waals surface area contributed by atoms with Gasteiger partial charge in [-0.3, -0.25) is 0 Å². The van der Waals surface area contributed by atoms with Gasteiger partial charge in [0.25, 0.3) is 0 Å². The Kier molecular flexibility index (Phi) is 2.72. The van der Waals surface area contributed by atoms with E-state index in [0.717, 1.165) is 19.4 Å². The van der Waals surface area contributed by atoms with Crippen molar-refractivity contribution in [2.75, 3.05) is 6.61 Å². The molecular formula is C15H20O. The van der Waals surface area contributed by atoms with Crippen LogP contribution in [-0.2, 0) is 17.6 Å². The largest absolute Gasteiger partial charge is 0.374 e. The summed E-state index contributed by atoms with van der Waals surface area (Å²) in [7, 11) is 0. The van der Waals surface area contributed by atoms with Crippen molar-refractivity contribution in [3.8, 4) is 0 Å². The third-order valence-electron chi connectivity index (χ3n) is 4.18. The third-order valence-corrected chi connectivity index (χ3v) is 4.18. The van der Waals surface area contributed by atoms with Crippen molar-refractivity contribution in [1.82, 2.24) is 0 Å². The molecule has 0 bridgehead atoms. The van der Waals surface area contributed by atoms with Crippen LogP contribution in [-0.4, -0.2) is 12.2 Å². The third kappa shape index (κ3) is 1.89. The predicted molar refractivity (Wildman–Crippen MR) is 65.6 cm³/mol. The number of benzene rings is 1. The molecule has 1 heterocycles. The predicted octanol–water partition coefficient (Wildman–Crippen LogP) is 3.50. The second-order valence-electron chi connectivity index (χ2n) is 5.29. The molecule has 1 heteroatoms. The molecule has 0 unspecified atom stereocenters. The van der Waals surface area contributed by atoms with Crippen molar-refractivity contribution in [3.05, 3.63) is 35.4 Å². The zero-order chi connectivity index (χ0) is 10.8. The van der Waals surface area contributed by atoms with Crippen LogP contribution in [0.15, 0.2) is 24.3 Å².